The molecule has 1 atom stereocenters. The number of hydrogen-bond acceptors (Lipinski definition) is 4. The quantitative estimate of drug-likeness (QED) is 0.919. The topological polar surface area (TPSA) is 66.3 Å². The molecule has 110 valence electrons. The summed E-state index contributed by atoms with van der Waals surface area (Å²) in [6.45, 7) is 9.57. The molecule has 20 heavy (non-hydrogen) atoms. The van der Waals surface area contributed by atoms with Gasteiger partial charge in [-0.3, -0.25) is 4.79 Å². The number of hydrogen-bond donors (Lipinski definition) is 1. The molecule has 1 aromatic heterocycles. The Morgan fingerprint density at radius 1 is 1.35 bits per heavy atom. The Balaban J connectivity index is 2.33. The molecule has 1 aromatic rings. The molecule has 5 heteroatoms. The predicted molar refractivity (Wildman–Crippen MR) is 78.2 cm³/mol. The van der Waals surface area contributed by atoms with Gasteiger partial charge >= 0.3 is 5.97 Å². The van der Waals surface area contributed by atoms with Crippen LogP contribution in [-0.2, 0) is 4.79 Å². The molecule has 1 fully saturated rings. The van der Waals surface area contributed by atoms with Crippen molar-refractivity contribution in [2.45, 2.75) is 46.5 Å². The van der Waals surface area contributed by atoms with Gasteiger partial charge in [0.1, 0.15) is 11.6 Å². The molecule has 1 saturated heterocycles. The van der Waals surface area contributed by atoms with Gasteiger partial charge in [0.25, 0.3) is 0 Å². The maximum Gasteiger partial charge on any atom is 0.308 e. The maximum absolute atomic E-state index is 11.2. The number of anilines is 1. The van der Waals surface area contributed by atoms with E-state index in [0.29, 0.717) is 6.54 Å². The number of piperidine rings is 1. The zero-order valence-corrected chi connectivity index (χ0v) is 12.7. The van der Waals surface area contributed by atoms with E-state index in [1.807, 2.05) is 13.8 Å². The maximum atomic E-state index is 11.2. The van der Waals surface area contributed by atoms with E-state index < -0.39 is 5.97 Å². The Bertz CT molecular complexity index is 514. The summed E-state index contributed by atoms with van der Waals surface area (Å²) in [5.74, 6) is 1.02. The Labute approximate surface area is 120 Å². The van der Waals surface area contributed by atoms with E-state index in [-0.39, 0.29) is 11.8 Å². The van der Waals surface area contributed by atoms with Gasteiger partial charge in [-0.1, -0.05) is 13.8 Å². The second-order valence-electron chi connectivity index (χ2n) is 5.89. The van der Waals surface area contributed by atoms with Crippen LogP contribution in [0, 0.1) is 19.8 Å². The lowest BCUT2D eigenvalue weighted by molar-refractivity contribution is -0.141. The van der Waals surface area contributed by atoms with Gasteiger partial charge in [0.05, 0.1) is 5.92 Å². The number of aromatic nitrogens is 2. The highest BCUT2D eigenvalue weighted by Gasteiger charge is 2.27. The summed E-state index contributed by atoms with van der Waals surface area (Å²) in [6, 6.07) is 0. The molecule has 0 aromatic carbocycles. The molecule has 2 rings (SSSR count). The molecule has 0 aliphatic carbocycles. The van der Waals surface area contributed by atoms with Crippen LogP contribution in [0.15, 0.2) is 0 Å². The fourth-order valence-corrected chi connectivity index (χ4v) is 2.57. The van der Waals surface area contributed by atoms with Crippen molar-refractivity contribution in [2.24, 2.45) is 5.92 Å². The number of aliphatic carboxylic acids is 1. The average molecular weight is 277 g/mol. The van der Waals surface area contributed by atoms with E-state index in [4.69, 9.17) is 0 Å². The molecule has 0 saturated carbocycles. The van der Waals surface area contributed by atoms with Crippen molar-refractivity contribution in [3.63, 3.8) is 0 Å². The van der Waals surface area contributed by atoms with Crippen LogP contribution >= 0.6 is 0 Å². The second-order valence-corrected chi connectivity index (χ2v) is 5.89. The van der Waals surface area contributed by atoms with Crippen LogP contribution in [0.2, 0.25) is 0 Å². The third-order valence-electron chi connectivity index (χ3n) is 3.97. The van der Waals surface area contributed by atoms with E-state index in [9.17, 15) is 9.90 Å². The van der Waals surface area contributed by atoms with Crippen LogP contribution in [0.3, 0.4) is 0 Å². The summed E-state index contributed by atoms with van der Waals surface area (Å²) in [7, 11) is 0. The number of carboxylic acid groups (broad SMARTS) is 1. The summed E-state index contributed by atoms with van der Waals surface area (Å²) in [5.41, 5.74) is 2.04. The zero-order valence-electron chi connectivity index (χ0n) is 12.7. The molecule has 0 amide bonds. The number of carboxylic acids is 1. The number of rotatable bonds is 3. The first-order chi connectivity index (χ1) is 9.40. The van der Waals surface area contributed by atoms with Gasteiger partial charge in [0.2, 0.25) is 0 Å². The average Bonchev–Trinajstić information content (AvgIpc) is 2.41. The van der Waals surface area contributed by atoms with Gasteiger partial charge in [-0.15, -0.1) is 0 Å². The van der Waals surface area contributed by atoms with E-state index >= 15 is 0 Å². The summed E-state index contributed by atoms with van der Waals surface area (Å²) in [4.78, 5) is 22.5. The molecule has 2 heterocycles. The Morgan fingerprint density at radius 3 is 2.65 bits per heavy atom. The molecule has 1 N–H and O–H groups in total. The largest absolute Gasteiger partial charge is 0.481 e. The molecule has 1 aliphatic heterocycles. The second kappa shape index (κ2) is 5.77. The van der Waals surface area contributed by atoms with Crippen molar-refractivity contribution < 1.29 is 9.90 Å². The van der Waals surface area contributed by atoms with Gasteiger partial charge in [-0.2, -0.15) is 0 Å². The monoisotopic (exact) mass is 277 g/mol. The molecule has 1 unspecified atom stereocenters. The minimum Gasteiger partial charge on any atom is -0.481 e. The van der Waals surface area contributed by atoms with E-state index in [1.165, 1.54) is 0 Å². The zero-order chi connectivity index (χ0) is 14.9. The first-order valence-electron chi connectivity index (χ1n) is 7.23. The molecule has 1 aliphatic rings. The third kappa shape index (κ3) is 2.92. The van der Waals surface area contributed by atoms with Crippen molar-refractivity contribution in [1.82, 2.24) is 9.97 Å². The minimum atomic E-state index is -0.706. The summed E-state index contributed by atoms with van der Waals surface area (Å²) in [5, 5.41) is 9.21. The van der Waals surface area contributed by atoms with E-state index in [0.717, 1.165) is 42.3 Å². The SMILES string of the molecule is Cc1nc(C(C)C)nc(N2CCCC(C(=O)O)C2)c1C. The summed E-state index contributed by atoms with van der Waals surface area (Å²) >= 11 is 0. The Hall–Kier alpha value is -1.65. The molecule has 5 nitrogen and oxygen atoms in total. The standard InChI is InChI=1S/C15H23N3O2/c1-9(2)13-16-11(4)10(3)14(17-13)18-7-5-6-12(8-18)15(19)20/h9,12H,5-8H2,1-4H3,(H,19,20). The Kier molecular flexibility index (Phi) is 4.26. The van der Waals surface area contributed by atoms with Gasteiger partial charge in [0, 0.05) is 30.3 Å². The third-order valence-corrected chi connectivity index (χ3v) is 3.97. The minimum absolute atomic E-state index is 0.271. The van der Waals surface area contributed by atoms with Crippen LogP contribution in [0.5, 0.6) is 0 Å². The predicted octanol–water partition coefficient (Wildman–Crippen LogP) is 2.52. The van der Waals surface area contributed by atoms with Crippen LogP contribution < -0.4 is 4.90 Å². The molecule has 0 spiro atoms. The fraction of sp³-hybridized carbons (Fsp3) is 0.667. The number of carbonyl (C=O) groups is 1. The van der Waals surface area contributed by atoms with Gasteiger partial charge in [-0.05, 0) is 26.7 Å². The van der Waals surface area contributed by atoms with Crippen molar-refractivity contribution in [3.05, 3.63) is 17.1 Å². The van der Waals surface area contributed by atoms with Crippen LogP contribution in [-0.4, -0.2) is 34.1 Å². The van der Waals surface area contributed by atoms with Gasteiger partial charge in [-0.25, -0.2) is 9.97 Å². The smallest absolute Gasteiger partial charge is 0.308 e. The van der Waals surface area contributed by atoms with Crippen molar-refractivity contribution in [2.75, 3.05) is 18.0 Å². The molecular formula is C15H23N3O2. The highest BCUT2D eigenvalue weighted by molar-refractivity contribution is 5.71. The van der Waals surface area contributed by atoms with Gasteiger partial charge in [0.15, 0.2) is 0 Å². The highest BCUT2D eigenvalue weighted by atomic mass is 16.4. The highest BCUT2D eigenvalue weighted by Crippen LogP contribution is 2.27. The lowest BCUT2D eigenvalue weighted by atomic mass is 9.98. The van der Waals surface area contributed by atoms with Crippen LogP contribution in [0.25, 0.3) is 0 Å². The first kappa shape index (κ1) is 14.8. The van der Waals surface area contributed by atoms with Crippen molar-refractivity contribution in [3.8, 4) is 0 Å². The first-order valence-corrected chi connectivity index (χ1v) is 7.23. The number of aryl methyl sites for hydroxylation is 1. The molecular weight excluding hydrogens is 254 g/mol. The lowest BCUT2D eigenvalue weighted by Gasteiger charge is -2.33. The van der Waals surface area contributed by atoms with Crippen LogP contribution in [0.4, 0.5) is 5.82 Å². The Morgan fingerprint density at radius 2 is 2.05 bits per heavy atom. The number of nitrogens with zero attached hydrogens (tertiary/aromatic N) is 3. The van der Waals surface area contributed by atoms with E-state index in [1.54, 1.807) is 0 Å². The lowest BCUT2D eigenvalue weighted by Crippen LogP contribution is -2.39. The summed E-state index contributed by atoms with van der Waals surface area (Å²) in [6.07, 6.45) is 1.66. The van der Waals surface area contributed by atoms with Crippen molar-refractivity contribution >= 4 is 11.8 Å². The van der Waals surface area contributed by atoms with Crippen molar-refractivity contribution in [1.29, 1.82) is 0 Å². The molecule has 0 radical (unpaired) electrons. The van der Waals surface area contributed by atoms with Gasteiger partial charge < -0.3 is 10.0 Å². The van der Waals surface area contributed by atoms with E-state index in [2.05, 4.69) is 28.7 Å². The van der Waals surface area contributed by atoms with Crippen LogP contribution in [0.1, 0.15) is 49.7 Å². The molecule has 0 bridgehead atoms. The fourth-order valence-electron chi connectivity index (χ4n) is 2.57. The normalized spacial score (nSPS) is 19.4. The summed E-state index contributed by atoms with van der Waals surface area (Å²) < 4.78 is 0.